The second kappa shape index (κ2) is 4.33. The zero-order valence-electron chi connectivity index (χ0n) is 11.2. The SMILES string of the molecule is CC(C)(C)[Si](C)(C)OC1(C(N)=O)CC(F)CO1. The van der Waals surface area contributed by atoms with Crippen LogP contribution in [0.1, 0.15) is 27.2 Å². The molecule has 100 valence electrons. The summed E-state index contributed by atoms with van der Waals surface area (Å²) >= 11 is 0. The van der Waals surface area contributed by atoms with Crippen molar-refractivity contribution in [3.05, 3.63) is 0 Å². The fourth-order valence-corrected chi connectivity index (χ4v) is 2.87. The summed E-state index contributed by atoms with van der Waals surface area (Å²) in [5.74, 6) is -2.30. The molecule has 0 aromatic heterocycles. The fourth-order valence-electron chi connectivity index (χ4n) is 1.49. The molecule has 0 spiro atoms. The third-order valence-corrected chi connectivity index (χ3v) is 8.04. The fraction of sp³-hybridized carbons (Fsp3) is 0.909. The van der Waals surface area contributed by atoms with Gasteiger partial charge in [-0.15, -0.1) is 0 Å². The molecule has 1 fully saturated rings. The normalized spacial score (nSPS) is 30.6. The summed E-state index contributed by atoms with van der Waals surface area (Å²) in [5, 5.41) is -0.0901. The summed E-state index contributed by atoms with van der Waals surface area (Å²) in [6.07, 6.45) is -1.29. The molecule has 1 rings (SSSR count). The van der Waals surface area contributed by atoms with Crippen molar-refractivity contribution in [2.45, 2.75) is 57.3 Å². The highest BCUT2D eigenvalue weighted by Gasteiger charge is 2.53. The van der Waals surface area contributed by atoms with E-state index in [2.05, 4.69) is 0 Å². The van der Waals surface area contributed by atoms with Crippen LogP contribution >= 0.6 is 0 Å². The second-order valence-electron chi connectivity index (χ2n) is 6.09. The second-order valence-corrected chi connectivity index (χ2v) is 10.8. The summed E-state index contributed by atoms with van der Waals surface area (Å²) in [5.41, 5.74) is 5.31. The molecule has 17 heavy (non-hydrogen) atoms. The van der Waals surface area contributed by atoms with E-state index in [1.54, 1.807) is 0 Å². The summed E-state index contributed by atoms with van der Waals surface area (Å²) in [6, 6.07) is 0. The van der Waals surface area contributed by atoms with Crippen LogP contribution in [0, 0.1) is 0 Å². The largest absolute Gasteiger partial charge is 0.383 e. The number of alkyl halides is 1. The molecule has 1 amide bonds. The van der Waals surface area contributed by atoms with Gasteiger partial charge >= 0.3 is 0 Å². The highest BCUT2D eigenvalue weighted by molar-refractivity contribution is 6.74. The maximum absolute atomic E-state index is 13.3. The van der Waals surface area contributed by atoms with Crippen LogP contribution in [0.2, 0.25) is 18.1 Å². The molecule has 0 radical (unpaired) electrons. The number of carbonyl (C=O) groups is 1. The van der Waals surface area contributed by atoms with Crippen LogP contribution < -0.4 is 5.73 Å². The van der Waals surface area contributed by atoms with Crippen molar-refractivity contribution in [2.75, 3.05) is 6.61 Å². The first-order valence-corrected chi connectivity index (χ1v) is 8.69. The molecule has 0 saturated carbocycles. The molecule has 2 N–H and O–H groups in total. The van der Waals surface area contributed by atoms with Gasteiger partial charge in [-0.05, 0) is 18.1 Å². The molecule has 0 bridgehead atoms. The van der Waals surface area contributed by atoms with E-state index in [0.717, 1.165) is 0 Å². The maximum Gasteiger partial charge on any atom is 0.276 e. The molecule has 1 aliphatic heterocycles. The lowest BCUT2D eigenvalue weighted by molar-refractivity contribution is -0.179. The van der Waals surface area contributed by atoms with Crippen molar-refractivity contribution in [3.63, 3.8) is 0 Å². The van der Waals surface area contributed by atoms with E-state index in [0.29, 0.717) is 0 Å². The van der Waals surface area contributed by atoms with Gasteiger partial charge in [-0.3, -0.25) is 4.79 Å². The summed E-state index contributed by atoms with van der Waals surface area (Å²) in [6.45, 7) is 9.94. The molecule has 0 aliphatic carbocycles. The highest BCUT2D eigenvalue weighted by atomic mass is 28.4. The molecule has 2 atom stereocenters. The minimum absolute atomic E-state index is 0.0901. The monoisotopic (exact) mass is 263 g/mol. The number of halogens is 1. The molecule has 1 heterocycles. The van der Waals surface area contributed by atoms with Gasteiger partial charge in [0.25, 0.3) is 5.91 Å². The van der Waals surface area contributed by atoms with Gasteiger partial charge in [0.05, 0.1) is 6.61 Å². The Morgan fingerprint density at radius 2 is 2.06 bits per heavy atom. The van der Waals surface area contributed by atoms with Crippen LogP contribution in [-0.2, 0) is 14.0 Å². The molecule has 0 aromatic carbocycles. The van der Waals surface area contributed by atoms with Gasteiger partial charge in [0.1, 0.15) is 6.17 Å². The standard InChI is InChI=1S/C11H22FNO3Si/c1-10(2,3)17(4,5)16-11(9(13)14)6-8(12)7-15-11/h8H,6-7H2,1-5H3,(H2,13,14). The quantitative estimate of drug-likeness (QED) is 0.792. The number of carbonyl (C=O) groups excluding carboxylic acids is 1. The third-order valence-electron chi connectivity index (χ3n) is 3.59. The Balaban J connectivity index is 2.93. The van der Waals surface area contributed by atoms with Gasteiger partial charge < -0.3 is 14.9 Å². The van der Waals surface area contributed by atoms with E-state index in [-0.39, 0.29) is 18.1 Å². The van der Waals surface area contributed by atoms with E-state index in [4.69, 9.17) is 14.9 Å². The smallest absolute Gasteiger partial charge is 0.276 e. The Morgan fingerprint density at radius 3 is 2.35 bits per heavy atom. The topological polar surface area (TPSA) is 61.5 Å². The number of primary amides is 1. The predicted molar refractivity (Wildman–Crippen MR) is 65.7 cm³/mol. The first-order chi connectivity index (χ1) is 7.50. The lowest BCUT2D eigenvalue weighted by Crippen LogP contribution is -2.55. The number of nitrogens with two attached hydrogens (primary N) is 1. The molecular weight excluding hydrogens is 241 g/mol. The van der Waals surface area contributed by atoms with Gasteiger partial charge in [-0.25, -0.2) is 4.39 Å². The number of ether oxygens (including phenoxy) is 1. The molecule has 6 heteroatoms. The van der Waals surface area contributed by atoms with Gasteiger partial charge in [-0.1, -0.05) is 20.8 Å². The van der Waals surface area contributed by atoms with Crippen LogP contribution in [0.5, 0.6) is 0 Å². The van der Waals surface area contributed by atoms with Crippen molar-refractivity contribution >= 4 is 14.2 Å². The van der Waals surface area contributed by atoms with Crippen molar-refractivity contribution in [1.82, 2.24) is 0 Å². The van der Waals surface area contributed by atoms with Crippen molar-refractivity contribution in [2.24, 2.45) is 5.73 Å². The highest BCUT2D eigenvalue weighted by Crippen LogP contribution is 2.42. The molecule has 1 saturated heterocycles. The van der Waals surface area contributed by atoms with E-state index in [1.165, 1.54) is 0 Å². The van der Waals surface area contributed by atoms with Crippen LogP contribution in [0.3, 0.4) is 0 Å². The number of amides is 1. The summed E-state index contributed by atoms with van der Waals surface area (Å²) in [4.78, 5) is 11.5. The molecule has 4 nitrogen and oxygen atoms in total. The molecular formula is C11H22FNO3Si. The molecule has 0 aromatic rings. The lowest BCUT2D eigenvalue weighted by Gasteiger charge is -2.41. The Kier molecular flexibility index (Phi) is 3.72. The lowest BCUT2D eigenvalue weighted by atomic mass is 10.1. The predicted octanol–water partition coefficient (Wildman–Crippen LogP) is 1.95. The van der Waals surface area contributed by atoms with Crippen LogP contribution in [0.15, 0.2) is 0 Å². The van der Waals surface area contributed by atoms with E-state index < -0.39 is 26.2 Å². The van der Waals surface area contributed by atoms with Crippen molar-refractivity contribution in [3.8, 4) is 0 Å². The van der Waals surface area contributed by atoms with E-state index in [9.17, 15) is 9.18 Å². The maximum atomic E-state index is 13.3. The zero-order chi connectivity index (χ0) is 13.5. The minimum Gasteiger partial charge on any atom is -0.383 e. The Morgan fingerprint density at radius 1 is 1.53 bits per heavy atom. The zero-order valence-corrected chi connectivity index (χ0v) is 12.2. The van der Waals surface area contributed by atoms with Gasteiger partial charge in [0, 0.05) is 6.42 Å². The van der Waals surface area contributed by atoms with Crippen molar-refractivity contribution < 1.29 is 18.3 Å². The average Bonchev–Trinajstić information content (AvgIpc) is 2.45. The van der Waals surface area contributed by atoms with E-state index >= 15 is 0 Å². The third kappa shape index (κ3) is 2.86. The summed E-state index contributed by atoms with van der Waals surface area (Å²) in [7, 11) is -2.23. The number of rotatable bonds is 3. The van der Waals surface area contributed by atoms with Gasteiger partial charge in [-0.2, -0.15) is 0 Å². The Hall–Kier alpha value is -0.463. The number of hydrogen-bond acceptors (Lipinski definition) is 3. The van der Waals surface area contributed by atoms with Crippen LogP contribution in [0.4, 0.5) is 4.39 Å². The van der Waals surface area contributed by atoms with Crippen LogP contribution in [0.25, 0.3) is 0 Å². The van der Waals surface area contributed by atoms with Crippen molar-refractivity contribution in [1.29, 1.82) is 0 Å². The summed E-state index contributed by atoms with van der Waals surface area (Å²) < 4.78 is 24.3. The molecule has 1 aliphatic rings. The van der Waals surface area contributed by atoms with Gasteiger partial charge in [0.15, 0.2) is 8.32 Å². The van der Waals surface area contributed by atoms with Gasteiger partial charge in [0.2, 0.25) is 5.79 Å². The first kappa shape index (κ1) is 14.6. The minimum atomic E-state index is -2.23. The Bertz CT molecular complexity index is 316. The van der Waals surface area contributed by atoms with E-state index in [1.807, 2.05) is 33.9 Å². The Labute approximate surface area is 103 Å². The van der Waals surface area contributed by atoms with Crippen LogP contribution in [-0.4, -0.2) is 32.8 Å². The first-order valence-electron chi connectivity index (χ1n) is 5.78. The average molecular weight is 263 g/mol. The number of hydrogen-bond donors (Lipinski definition) is 1. The molecule has 2 unspecified atom stereocenters.